The van der Waals surface area contributed by atoms with Gasteiger partial charge in [-0.05, 0) is 37.1 Å². The Bertz CT molecular complexity index is 783. The molecule has 1 fully saturated rings. The molecule has 0 saturated heterocycles. The fraction of sp³-hybridized carbons (Fsp3) is 0.333. The van der Waals surface area contributed by atoms with Crippen LogP contribution in [0.2, 0.25) is 0 Å². The third kappa shape index (κ3) is 2.45. The summed E-state index contributed by atoms with van der Waals surface area (Å²) in [6, 6.07) is 8.38. The van der Waals surface area contributed by atoms with Crippen LogP contribution in [0.15, 0.2) is 39.8 Å². The van der Waals surface area contributed by atoms with E-state index in [-0.39, 0.29) is 15.8 Å². The van der Waals surface area contributed by atoms with Gasteiger partial charge < -0.3 is 4.42 Å². The van der Waals surface area contributed by atoms with Crippen molar-refractivity contribution in [3.8, 4) is 17.5 Å². The first kappa shape index (κ1) is 13.8. The van der Waals surface area contributed by atoms with E-state index in [1.54, 1.807) is 18.2 Å². The molecule has 0 atom stereocenters. The number of nitrogens with zero attached hydrogens (tertiary/aromatic N) is 2. The Morgan fingerprint density at radius 2 is 2.00 bits per heavy atom. The smallest absolute Gasteiger partial charge is 0.184 e. The van der Waals surface area contributed by atoms with Gasteiger partial charge in [0.2, 0.25) is 0 Å². The lowest BCUT2D eigenvalue weighted by molar-refractivity contribution is 0.576. The molecule has 0 aliphatic heterocycles. The first-order chi connectivity index (χ1) is 10.1. The molecule has 2 aromatic rings. The van der Waals surface area contributed by atoms with E-state index in [1.807, 2.05) is 6.07 Å². The second-order valence-corrected chi connectivity index (χ2v) is 7.28. The standard InChI is InChI=1S/C15H14N2O3S/c16-10-13-15(21(18,19)11-4-1-2-5-11)8-7-12(17-13)14-6-3-9-20-14/h3,6-9,11H,1-2,4-5H2. The number of sulfone groups is 1. The number of rotatable bonds is 3. The van der Waals surface area contributed by atoms with Crippen LogP contribution in [0.5, 0.6) is 0 Å². The Hall–Kier alpha value is -2.13. The van der Waals surface area contributed by atoms with Crippen molar-refractivity contribution in [3.05, 3.63) is 36.2 Å². The molecule has 0 aromatic carbocycles. The average molecular weight is 302 g/mol. The van der Waals surface area contributed by atoms with Gasteiger partial charge in [0.05, 0.1) is 11.5 Å². The van der Waals surface area contributed by atoms with Crippen molar-refractivity contribution < 1.29 is 12.8 Å². The molecule has 0 spiro atoms. The van der Waals surface area contributed by atoms with E-state index in [0.29, 0.717) is 24.3 Å². The largest absolute Gasteiger partial charge is 0.463 e. The molecule has 21 heavy (non-hydrogen) atoms. The minimum atomic E-state index is -3.48. The van der Waals surface area contributed by atoms with E-state index in [2.05, 4.69) is 4.98 Å². The molecule has 6 heteroatoms. The van der Waals surface area contributed by atoms with Crippen LogP contribution in [-0.2, 0) is 9.84 Å². The Morgan fingerprint density at radius 1 is 1.24 bits per heavy atom. The summed E-state index contributed by atoms with van der Waals surface area (Å²) in [6.45, 7) is 0. The van der Waals surface area contributed by atoms with Gasteiger partial charge in [0.15, 0.2) is 21.3 Å². The zero-order valence-electron chi connectivity index (χ0n) is 11.3. The average Bonchev–Trinajstić information content (AvgIpc) is 3.19. The molecular weight excluding hydrogens is 288 g/mol. The number of furan rings is 1. The van der Waals surface area contributed by atoms with Gasteiger partial charge in [-0.15, -0.1) is 0 Å². The van der Waals surface area contributed by atoms with Crippen LogP contribution in [0.3, 0.4) is 0 Å². The van der Waals surface area contributed by atoms with E-state index < -0.39 is 9.84 Å². The van der Waals surface area contributed by atoms with Gasteiger partial charge in [-0.25, -0.2) is 13.4 Å². The van der Waals surface area contributed by atoms with E-state index in [1.165, 1.54) is 12.3 Å². The van der Waals surface area contributed by atoms with Gasteiger partial charge in [-0.3, -0.25) is 0 Å². The zero-order chi connectivity index (χ0) is 14.9. The van der Waals surface area contributed by atoms with Crippen molar-refractivity contribution in [1.82, 2.24) is 4.98 Å². The molecule has 0 bridgehead atoms. The van der Waals surface area contributed by atoms with Crippen LogP contribution >= 0.6 is 0 Å². The quantitative estimate of drug-likeness (QED) is 0.870. The Balaban J connectivity index is 2.06. The van der Waals surface area contributed by atoms with Crippen LogP contribution in [0, 0.1) is 11.3 Å². The highest BCUT2D eigenvalue weighted by Crippen LogP contribution is 2.31. The maximum atomic E-state index is 12.6. The summed E-state index contributed by atoms with van der Waals surface area (Å²) in [4.78, 5) is 4.17. The summed E-state index contributed by atoms with van der Waals surface area (Å²) in [5.41, 5.74) is 0.401. The summed E-state index contributed by atoms with van der Waals surface area (Å²) in [5, 5.41) is 8.85. The Labute approximate surface area is 123 Å². The molecule has 1 aliphatic carbocycles. The van der Waals surface area contributed by atoms with Gasteiger partial charge >= 0.3 is 0 Å². The Morgan fingerprint density at radius 3 is 2.62 bits per heavy atom. The fourth-order valence-corrected chi connectivity index (χ4v) is 4.63. The molecule has 2 aromatic heterocycles. The molecule has 1 saturated carbocycles. The molecule has 5 nitrogen and oxygen atoms in total. The molecule has 1 aliphatic rings. The SMILES string of the molecule is N#Cc1nc(-c2ccco2)ccc1S(=O)(=O)C1CCCC1. The van der Waals surface area contributed by atoms with Gasteiger partial charge in [0, 0.05) is 0 Å². The molecule has 0 unspecified atom stereocenters. The second-order valence-electron chi connectivity index (χ2n) is 5.08. The third-order valence-corrected chi connectivity index (χ3v) is 6.08. The first-order valence-electron chi connectivity index (χ1n) is 6.82. The number of nitriles is 1. The van der Waals surface area contributed by atoms with Crippen LogP contribution in [0.25, 0.3) is 11.5 Å². The minimum absolute atomic E-state index is 0.0345. The molecule has 0 radical (unpaired) electrons. The Kier molecular flexibility index (Phi) is 3.52. The van der Waals surface area contributed by atoms with E-state index in [4.69, 9.17) is 4.42 Å². The van der Waals surface area contributed by atoms with Gasteiger partial charge in [-0.2, -0.15) is 5.26 Å². The first-order valence-corrected chi connectivity index (χ1v) is 8.36. The topological polar surface area (TPSA) is 84.0 Å². The summed E-state index contributed by atoms with van der Waals surface area (Å²) in [6.07, 6.45) is 4.67. The van der Waals surface area contributed by atoms with Crippen molar-refractivity contribution in [1.29, 1.82) is 5.26 Å². The van der Waals surface area contributed by atoms with Crippen molar-refractivity contribution in [2.75, 3.05) is 0 Å². The number of aromatic nitrogens is 1. The van der Waals surface area contributed by atoms with Crippen LogP contribution in [0.1, 0.15) is 31.4 Å². The van der Waals surface area contributed by atoms with Gasteiger partial charge in [0.25, 0.3) is 0 Å². The van der Waals surface area contributed by atoms with E-state index in [0.717, 1.165) is 12.8 Å². The van der Waals surface area contributed by atoms with Gasteiger partial charge in [0.1, 0.15) is 16.7 Å². The van der Waals surface area contributed by atoms with Crippen LogP contribution in [-0.4, -0.2) is 18.7 Å². The second kappa shape index (κ2) is 5.34. The summed E-state index contributed by atoms with van der Waals surface area (Å²) in [5.74, 6) is 0.510. The lowest BCUT2D eigenvalue weighted by atomic mass is 10.2. The van der Waals surface area contributed by atoms with Crippen molar-refractivity contribution in [2.24, 2.45) is 0 Å². The summed E-state index contributed by atoms with van der Waals surface area (Å²) < 4.78 is 30.4. The normalized spacial score (nSPS) is 16.0. The molecule has 0 amide bonds. The predicted molar refractivity (Wildman–Crippen MR) is 76.1 cm³/mol. The van der Waals surface area contributed by atoms with Crippen LogP contribution in [0.4, 0.5) is 0 Å². The van der Waals surface area contributed by atoms with Crippen LogP contribution < -0.4 is 0 Å². The minimum Gasteiger partial charge on any atom is -0.463 e. The van der Waals surface area contributed by atoms with E-state index in [9.17, 15) is 13.7 Å². The van der Waals surface area contributed by atoms with Gasteiger partial charge in [-0.1, -0.05) is 12.8 Å². The molecule has 2 heterocycles. The van der Waals surface area contributed by atoms with Crippen molar-refractivity contribution >= 4 is 9.84 Å². The van der Waals surface area contributed by atoms with Crippen molar-refractivity contribution in [2.45, 2.75) is 35.8 Å². The molecule has 108 valence electrons. The third-order valence-electron chi connectivity index (χ3n) is 3.79. The number of hydrogen-bond donors (Lipinski definition) is 0. The highest BCUT2D eigenvalue weighted by Gasteiger charge is 2.32. The van der Waals surface area contributed by atoms with E-state index >= 15 is 0 Å². The predicted octanol–water partition coefficient (Wildman–Crippen LogP) is 2.93. The highest BCUT2D eigenvalue weighted by atomic mass is 32.2. The summed E-state index contributed by atoms with van der Waals surface area (Å²) >= 11 is 0. The fourth-order valence-electron chi connectivity index (χ4n) is 2.70. The lowest BCUT2D eigenvalue weighted by Gasteiger charge is -2.12. The molecular formula is C15H14N2O3S. The summed E-state index contributed by atoms with van der Waals surface area (Å²) in [7, 11) is -3.48. The molecule has 3 rings (SSSR count). The maximum absolute atomic E-state index is 12.6. The number of hydrogen-bond acceptors (Lipinski definition) is 5. The molecule has 0 N–H and O–H groups in total. The lowest BCUT2D eigenvalue weighted by Crippen LogP contribution is -2.19. The van der Waals surface area contributed by atoms with Crippen molar-refractivity contribution in [3.63, 3.8) is 0 Å². The zero-order valence-corrected chi connectivity index (χ0v) is 12.1. The number of pyridine rings is 1. The monoisotopic (exact) mass is 302 g/mol. The highest BCUT2D eigenvalue weighted by molar-refractivity contribution is 7.92. The maximum Gasteiger partial charge on any atom is 0.184 e.